The summed E-state index contributed by atoms with van der Waals surface area (Å²) in [4.78, 5) is 12.9. The fourth-order valence-electron chi connectivity index (χ4n) is 2.12. The van der Waals surface area contributed by atoms with Gasteiger partial charge in [0.25, 0.3) is 0 Å². The van der Waals surface area contributed by atoms with Crippen molar-refractivity contribution in [3.63, 3.8) is 0 Å². The second-order valence-electron chi connectivity index (χ2n) is 4.79. The number of rotatable bonds is 7. The lowest BCUT2D eigenvalue weighted by molar-refractivity contribution is -0.144. The van der Waals surface area contributed by atoms with Gasteiger partial charge in [0.15, 0.2) is 0 Å². The average molecular weight is 305 g/mol. The zero-order valence-corrected chi connectivity index (χ0v) is 12.9. The second-order valence-corrected chi connectivity index (χ2v) is 5.82. The summed E-state index contributed by atoms with van der Waals surface area (Å²) in [6, 6.07) is 11.2. The maximum atomic E-state index is 11.8. The topological polar surface area (TPSA) is 58.6 Å². The van der Waals surface area contributed by atoms with Gasteiger partial charge in [-0.05, 0) is 31.4 Å². The molecule has 0 saturated carbocycles. The first-order valence-electron chi connectivity index (χ1n) is 6.81. The monoisotopic (exact) mass is 305 g/mol. The van der Waals surface area contributed by atoms with E-state index >= 15 is 0 Å². The van der Waals surface area contributed by atoms with Gasteiger partial charge in [0.1, 0.15) is 11.3 Å². The predicted octanol–water partition coefficient (Wildman–Crippen LogP) is 3.24. The molecule has 1 aromatic carbocycles. The molecule has 0 aliphatic rings. The van der Waals surface area contributed by atoms with Crippen LogP contribution in [0.2, 0.25) is 0 Å². The minimum absolute atomic E-state index is 0.498. The smallest absolute Gasteiger partial charge is 0.328 e. The number of carboxylic acid groups (broad SMARTS) is 1. The molecule has 0 aliphatic carbocycles. The molecular weight excluding hydrogens is 286 g/mol. The van der Waals surface area contributed by atoms with Crippen LogP contribution in [0.25, 0.3) is 0 Å². The van der Waals surface area contributed by atoms with E-state index in [0.717, 1.165) is 4.88 Å². The molecule has 0 spiro atoms. The Morgan fingerprint density at radius 3 is 2.71 bits per heavy atom. The van der Waals surface area contributed by atoms with Crippen molar-refractivity contribution in [3.8, 4) is 5.75 Å². The van der Waals surface area contributed by atoms with E-state index in [4.69, 9.17) is 4.74 Å². The van der Waals surface area contributed by atoms with Gasteiger partial charge < -0.3 is 9.84 Å². The van der Waals surface area contributed by atoms with Gasteiger partial charge >= 0.3 is 5.97 Å². The molecule has 1 aromatic heterocycles. The molecule has 1 heterocycles. The Morgan fingerprint density at radius 2 is 2.10 bits per heavy atom. The first-order chi connectivity index (χ1) is 10.1. The van der Waals surface area contributed by atoms with Gasteiger partial charge in [-0.2, -0.15) is 0 Å². The molecule has 112 valence electrons. The number of para-hydroxylation sites is 1. The maximum absolute atomic E-state index is 11.8. The summed E-state index contributed by atoms with van der Waals surface area (Å²) in [5.74, 6) is -0.324. The van der Waals surface area contributed by atoms with Crippen LogP contribution in [0.5, 0.6) is 5.75 Å². The fraction of sp³-hybridized carbons (Fsp3) is 0.312. The van der Waals surface area contributed by atoms with E-state index in [1.165, 1.54) is 0 Å². The lowest BCUT2D eigenvalue weighted by Gasteiger charge is -2.28. The summed E-state index contributed by atoms with van der Waals surface area (Å²) in [7, 11) is 0. The Balaban J connectivity index is 2.30. The molecule has 0 fully saturated rings. The van der Waals surface area contributed by atoms with Gasteiger partial charge in [-0.15, -0.1) is 11.3 Å². The molecule has 0 amide bonds. The summed E-state index contributed by atoms with van der Waals surface area (Å²) in [6.07, 6.45) is 0. The highest BCUT2D eigenvalue weighted by atomic mass is 32.1. The Morgan fingerprint density at radius 1 is 1.33 bits per heavy atom. The number of ether oxygens (including phenoxy) is 1. The summed E-state index contributed by atoms with van der Waals surface area (Å²) < 4.78 is 5.57. The summed E-state index contributed by atoms with van der Waals surface area (Å²) in [5, 5.41) is 14.8. The second kappa shape index (κ2) is 6.74. The van der Waals surface area contributed by atoms with Crippen molar-refractivity contribution in [3.05, 3.63) is 52.2 Å². The van der Waals surface area contributed by atoms with Gasteiger partial charge in [0.2, 0.25) is 0 Å². The van der Waals surface area contributed by atoms with E-state index in [-0.39, 0.29) is 0 Å². The van der Waals surface area contributed by atoms with E-state index in [1.807, 2.05) is 36.6 Å². The molecule has 1 atom stereocenters. The quantitative estimate of drug-likeness (QED) is 0.824. The summed E-state index contributed by atoms with van der Waals surface area (Å²) >= 11 is 1.60. The van der Waals surface area contributed by atoms with Crippen LogP contribution >= 0.6 is 11.3 Å². The number of carboxylic acids is 1. The molecule has 2 aromatic rings. The van der Waals surface area contributed by atoms with Gasteiger partial charge in [0.05, 0.1) is 6.61 Å². The molecule has 21 heavy (non-hydrogen) atoms. The minimum Gasteiger partial charge on any atom is -0.494 e. The van der Waals surface area contributed by atoms with Crippen LogP contribution in [-0.2, 0) is 16.9 Å². The van der Waals surface area contributed by atoms with Crippen LogP contribution in [0, 0.1) is 0 Å². The van der Waals surface area contributed by atoms with Crippen molar-refractivity contribution in [2.75, 3.05) is 6.61 Å². The van der Waals surface area contributed by atoms with Crippen molar-refractivity contribution in [1.29, 1.82) is 0 Å². The molecule has 2 rings (SSSR count). The molecule has 0 saturated heterocycles. The minimum atomic E-state index is -1.20. The number of thiophene rings is 1. The molecular formula is C16H19NO3S. The molecule has 0 bridgehead atoms. The Hall–Kier alpha value is -1.85. The zero-order valence-electron chi connectivity index (χ0n) is 12.1. The van der Waals surface area contributed by atoms with Crippen LogP contribution in [0.15, 0.2) is 41.8 Å². The first-order valence-corrected chi connectivity index (χ1v) is 7.69. The van der Waals surface area contributed by atoms with Gasteiger partial charge in [-0.3, -0.25) is 5.32 Å². The van der Waals surface area contributed by atoms with Crippen molar-refractivity contribution in [2.45, 2.75) is 25.9 Å². The first kappa shape index (κ1) is 15.5. The third-order valence-corrected chi connectivity index (χ3v) is 4.23. The number of hydrogen-bond donors (Lipinski definition) is 2. The van der Waals surface area contributed by atoms with Crippen LogP contribution in [0.1, 0.15) is 24.3 Å². The normalized spacial score (nSPS) is 13.6. The standard InChI is InChI=1S/C16H19NO3S/c1-3-20-14-9-5-4-8-13(14)16(2,15(18)19)17-11-12-7-6-10-21-12/h4-10,17H,3,11H2,1-2H3,(H,18,19). The number of aliphatic carboxylic acids is 1. The van der Waals surface area contributed by atoms with Gasteiger partial charge in [-0.1, -0.05) is 24.3 Å². The third-order valence-electron chi connectivity index (χ3n) is 3.35. The van der Waals surface area contributed by atoms with Crippen LogP contribution < -0.4 is 10.1 Å². The Labute approximate surface area is 128 Å². The van der Waals surface area contributed by atoms with Crippen molar-refractivity contribution >= 4 is 17.3 Å². The van der Waals surface area contributed by atoms with Crippen molar-refractivity contribution in [2.24, 2.45) is 0 Å². The molecule has 1 unspecified atom stereocenters. The molecule has 0 aliphatic heterocycles. The zero-order chi connectivity index (χ0) is 15.3. The van der Waals surface area contributed by atoms with Crippen LogP contribution in [0.3, 0.4) is 0 Å². The van der Waals surface area contributed by atoms with E-state index in [1.54, 1.807) is 30.4 Å². The number of benzene rings is 1. The fourth-order valence-corrected chi connectivity index (χ4v) is 2.77. The lowest BCUT2D eigenvalue weighted by atomic mass is 9.91. The third kappa shape index (κ3) is 3.43. The number of carbonyl (C=O) groups is 1. The number of hydrogen-bond acceptors (Lipinski definition) is 4. The maximum Gasteiger partial charge on any atom is 0.328 e. The van der Waals surface area contributed by atoms with E-state index in [0.29, 0.717) is 24.5 Å². The summed E-state index contributed by atoms with van der Waals surface area (Å²) in [6.45, 7) is 4.55. The predicted molar refractivity (Wildman–Crippen MR) is 83.8 cm³/mol. The van der Waals surface area contributed by atoms with E-state index in [9.17, 15) is 9.90 Å². The van der Waals surface area contributed by atoms with Gasteiger partial charge in [-0.25, -0.2) is 4.79 Å². The van der Waals surface area contributed by atoms with Crippen molar-refractivity contribution < 1.29 is 14.6 Å². The lowest BCUT2D eigenvalue weighted by Crippen LogP contribution is -2.46. The molecule has 4 nitrogen and oxygen atoms in total. The van der Waals surface area contributed by atoms with Crippen molar-refractivity contribution in [1.82, 2.24) is 5.32 Å². The Kier molecular flexibility index (Phi) is 4.98. The number of nitrogens with one attached hydrogen (secondary N) is 1. The van der Waals surface area contributed by atoms with Crippen LogP contribution in [-0.4, -0.2) is 17.7 Å². The molecule has 0 radical (unpaired) electrons. The highest BCUT2D eigenvalue weighted by Gasteiger charge is 2.37. The average Bonchev–Trinajstić information content (AvgIpc) is 2.99. The Bertz CT molecular complexity index is 597. The molecule has 5 heteroatoms. The van der Waals surface area contributed by atoms with E-state index in [2.05, 4.69) is 5.32 Å². The molecule has 2 N–H and O–H groups in total. The highest BCUT2D eigenvalue weighted by Crippen LogP contribution is 2.31. The SMILES string of the molecule is CCOc1ccccc1C(C)(NCc1cccs1)C(=O)O. The largest absolute Gasteiger partial charge is 0.494 e. The highest BCUT2D eigenvalue weighted by molar-refractivity contribution is 7.09. The van der Waals surface area contributed by atoms with Gasteiger partial charge in [0, 0.05) is 17.0 Å². The van der Waals surface area contributed by atoms with Crippen LogP contribution in [0.4, 0.5) is 0 Å². The summed E-state index contributed by atoms with van der Waals surface area (Å²) in [5.41, 5.74) is -0.564. The van der Waals surface area contributed by atoms with E-state index < -0.39 is 11.5 Å².